The van der Waals surface area contributed by atoms with Crippen LogP contribution in [-0.2, 0) is 41.4 Å². The van der Waals surface area contributed by atoms with E-state index < -0.39 is 0 Å². The van der Waals surface area contributed by atoms with Gasteiger partial charge in [0.1, 0.15) is 18.2 Å². The van der Waals surface area contributed by atoms with Crippen molar-refractivity contribution < 1.29 is 37.7 Å². The fraction of sp³-hybridized carbons (Fsp3) is 0.649. The number of aromatic nitrogens is 2. The molecule has 1 aromatic heterocycles. The summed E-state index contributed by atoms with van der Waals surface area (Å²) in [5.41, 5.74) is 2.98. The van der Waals surface area contributed by atoms with E-state index in [1.54, 1.807) is 11.0 Å². The van der Waals surface area contributed by atoms with E-state index in [1.165, 1.54) is 24.9 Å². The molecule has 12 nitrogen and oxygen atoms in total. The van der Waals surface area contributed by atoms with Crippen LogP contribution >= 0.6 is 0 Å². The van der Waals surface area contributed by atoms with E-state index in [0.29, 0.717) is 77.3 Å². The van der Waals surface area contributed by atoms with Crippen LogP contribution < -0.4 is 5.32 Å². The minimum Gasteiger partial charge on any atom is -0.453 e. The average molecular weight is 698 g/mol. The quantitative estimate of drug-likeness (QED) is 0.172. The molecule has 0 radical (unpaired) electrons. The zero-order valence-corrected chi connectivity index (χ0v) is 29.4. The molecular formula is C37H52FN5O7. The van der Waals surface area contributed by atoms with Crippen molar-refractivity contribution in [2.45, 2.75) is 82.6 Å². The molecule has 13 heteroatoms. The molecular weight excluding hydrogens is 645 g/mol. The average Bonchev–Trinajstić information content (AvgIpc) is 3.57. The van der Waals surface area contributed by atoms with Gasteiger partial charge in [0, 0.05) is 49.8 Å². The Bertz CT molecular complexity index is 1430. The van der Waals surface area contributed by atoms with Crippen molar-refractivity contribution in [2.75, 3.05) is 73.1 Å². The summed E-state index contributed by atoms with van der Waals surface area (Å²) in [4.78, 5) is 34.3. The molecule has 0 aliphatic carbocycles. The van der Waals surface area contributed by atoms with Crippen molar-refractivity contribution in [1.82, 2.24) is 24.7 Å². The van der Waals surface area contributed by atoms with Crippen LogP contribution in [-0.4, -0.2) is 116 Å². The molecule has 1 N–H and O–H groups in total. The van der Waals surface area contributed by atoms with Gasteiger partial charge in [-0.3, -0.25) is 9.69 Å². The number of rotatable bonds is 19. The van der Waals surface area contributed by atoms with Crippen LogP contribution in [0.15, 0.2) is 24.3 Å². The van der Waals surface area contributed by atoms with Gasteiger partial charge in [-0.15, -0.1) is 6.42 Å². The number of carbonyl (C=O) groups excluding carboxylic acids is 2. The number of ether oxygens (including phenoxy) is 5. The number of fused-ring (bicyclic) bond motifs is 3. The number of nitrogens with one attached hydrogen (secondary N) is 1. The van der Waals surface area contributed by atoms with Crippen LogP contribution in [0, 0.1) is 25.1 Å². The van der Waals surface area contributed by atoms with Crippen LogP contribution in [0.1, 0.15) is 73.4 Å². The van der Waals surface area contributed by atoms with Crippen molar-refractivity contribution in [1.29, 1.82) is 0 Å². The first-order valence-electron chi connectivity index (χ1n) is 17.8. The van der Waals surface area contributed by atoms with Crippen LogP contribution in [0.25, 0.3) is 0 Å². The number of hydrogen-bond acceptors (Lipinski definition) is 9. The van der Waals surface area contributed by atoms with Gasteiger partial charge in [-0.25, -0.2) is 14.2 Å². The van der Waals surface area contributed by atoms with Crippen LogP contribution in [0.3, 0.4) is 0 Å². The molecule has 3 atom stereocenters. The Morgan fingerprint density at radius 1 is 1.02 bits per heavy atom. The second kappa shape index (κ2) is 19.2. The number of carbonyl (C=O) groups is 2. The van der Waals surface area contributed by atoms with Crippen molar-refractivity contribution in [3.63, 3.8) is 0 Å². The molecule has 2 bridgehead atoms. The molecule has 50 heavy (non-hydrogen) atoms. The lowest BCUT2D eigenvalue weighted by atomic mass is 9.94. The number of aryl methyl sites for hydroxylation is 1. The van der Waals surface area contributed by atoms with E-state index in [1.807, 2.05) is 6.07 Å². The number of methoxy groups -OCH3 is 1. The third-order valence-electron chi connectivity index (χ3n) is 9.92. The normalized spacial score (nSPS) is 20.7. The summed E-state index contributed by atoms with van der Waals surface area (Å²) >= 11 is 0. The van der Waals surface area contributed by atoms with Gasteiger partial charge in [-0.1, -0.05) is 18.1 Å². The molecule has 2 aromatic rings. The lowest BCUT2D eigenvalue weighted by Crippen LogP contribution is -2.45. The number of halogens is 1. The molecule has 2 saturated heterocycles. The standard InChI is InChI=1S/C37H52FN5O7/c1-4-15-47-17-19-49-21-22-50-20-18-48-16-12-36(44)40-33(28-6-5-7-29(38)23-28)10-14-42-30-8-9-31(42)25-32(24-30)43-27(2)39-34-26-41(37(45)46-3)13-11-35(34)43/h1,5-7,23,30-33H,8-22,24-26H2,2-3H3,(H,40,44)/t30?,31?,32?,33-/m0/s1. The zero-order valence-electron chi connectivity index (χ0n) is 29.4. The molecule has 1 aromatic carbocycles. The highest BCUT2D eigenvalue weighted by molar-refractivity contribution is 5.76. The smallest absolute Gasteiger partial charge is 0.409 e. The maximum Gasteiger partial charge on any atom is 0.409 e. The van der Waals surface area contributed by atoms with E-state index in [-0.39, 0.29) is 43.5 Å². The lowest BCUT2D eigenvalue weighted by Gasteiger charge is -2.41. The maximum absolute atomic E-state index is 14.3. The van der Waals surface area contributed by atoms with Crippen LogP contribution in [0.5, 0.6) is 0 Å². The lowest BCUT2D eigenvalue weighted by molar-refractivity contribution is -0.123. The van der Waals surface area contributed by atoms with Gasteiger partial charge in [-0.05, 0) is 56.7 Å². The molecule has 5 rings (SSSR count). The second-order valence-electron chi connectivity index (χ2n) is 13.1. The van der Waals surface area contributed by atoms with E-state index >= 15 is 0 Å². The number of nitrogens with zero attached hydrogens (tertiary/aromatic N) is 4. The minimum absolute atomic E-state index is 0.131. The van der Waals surface area contributed by atoms with Crippen molar-refractivity contribution in [3.05, 3.63) is 52.9 Å². The third-order valence-corrected chi connectivity index (χ3v) is 9.92. The van der Waals surface area contributed by atoms with Gasteiger partial charge < -0.3 is 38.5 Å². The molecule has 0 spiro atoms. The highest BCUT2D eigenvalue weighted by Gasteiger charge is 2.42. The Kier molecular flexibility index (Phi) is 14.5. The summed E-state index contributed by atoms with van der Waals surface area (Å²) in [6, 6.07) is 7.44. The van der Waals surface area contributed by atoms with E-state index in [9.17, 15) is 14.0 Å². The van der Waals surface area contributed by atoms with Crippen molar-refractivity contribution in [3.8, 4) is 12.3 Å². The Morgan fingerprint density at radius 3 is 2.36 bits per heavy atom. The Labute approximate surface area is 294 Å². The Balaban J connectivity index is 1.07. The summed E-state index contributed by atoms with van der Waals surface area (Å²) in [5, 5.41) is 3.15. The first-order chi connectivity index (χ1) is 24.4. The largest absolute Gasteiger partial charge is 0.453 e. The number of hydrogen-bond donors (Lipinski definition) is 1. The van der Waals surface area contributed by atoms with Gasteiger partial charge in [-0.2, -0.15) is 0 Å². The molecule has 2 amide bonds. The molecule has 3 aliphatic heterocycles. The Morgan fingerprint density at radius 2 is 1.70 bits per heavy atom. The number of imidazole rings is 1. The number of benzene rings is 1. The maximum atomic E-state index is 14.3. The Hall–Kier alpha value is -3.54. The number of piperidine rings is 1. The predicted octanol–water partition coefficient (Wildman–Crippen LogP) is 3.96. The summed E-state index contributed by atoms with van der Waals surface area (Å²) in [6.07, 6.45) is 10.8. The first-order valence-corrected chi connectivity index (χ1v) is 17.8. The van der Waals surface area contributed by atoms with Gasteiger partial charge in [0.2, 0.25) is 5.91 Å². The van der Waals surface area contributed by atoms with Crippen LogP contribution in [0.4, 0.5) is 9.18 Å². The fourth-order valence-electron chi connectivity index (χ4n) is 7.68. The monoisotopic (exact) mass is 697 g/mol. The van der Waals surface area contributed by atoms with Gasteiger partial charge in [0.25, 0.3) is 0 Å². The highest BCUT2D eigenvalue weighted by Crippen LogP contribution is 2.43. The number of amides is 2. The molecule has 2 unspecified atom stereocenters. The fourth-order valence-corrected chi connectivity index (χ4v) is 7.68. The summed E-state index contributed by atoms with van der Waals surface area (Å²) in [6.45, 7) is 7.12. The summed E-state index contributed by atoms with van der Waals surface area (Å²) in [7, 11) is 1.41. The topological polar surface area (TPSA) is 117 Å². The van der Waals surface area contributed by atoms with Crippen molar-refractivity contribution >= 4 is 12.0 Å². The summed E-state index contributed by atoms with van der Waals surface area (Å²) < 4.78 is 43.3. The first kappa shape index (κ1) is 37.7. The number of terminal acetylenes is 1. The van der Waals surface area contributed by atoms with Crippen molar-refractivity contribution in [2.24, 2.45) is 0 Å². The molecule has 274 valence electrons. The van der Waals surface area contributed by atoms with E-state index in [0.717, 1.165) is 55.7 Å². The minimum atomic E-state index is -0.317. The third kappa shape index (κ3) is 10.3. The second-order valence-corrected chi connectivity index (χ2v) is 13.1. The SMILES string of the molecule is C#CCOCCOCCOCCOCCC(=O)N[C@@H](CCN1C2CCC1CC(n1c(C)nc3c1CCN(C(=O)OC)C3)C2)c1cccc(F)c1. The highest BCUT2D eigenvalue weighted by atomic mass is 19.1. The van der Waals surface area contributed by atoms with Crippen LogP contribution in [0.2, 0.25) is 0 Å². The molecule has 2 fully saturated rings. The zero-order chi connectivity index (χ0) is 35.3. The molecule has 3 aliphatic rings. The van der Waals surface area contributed by atoms with Gasteiger partial charge in [0.05, 0.1) is 71.6 Å². The van der Waals surface area contributed by atoms with E-state index in [2.05, 4.69) is 27.6 Å². The molecule has 0 saturated carbocycles. The molecule has 4 heterocycles. The summed E-state index contributed by atoms with van der Waals surface area (Å²) in [5.74, 6) is 2.96. The van der Waals surface area contributed by atoms with E-state index in [4.69, 9.17) is 35.1 Å². The predicted molar refractivity (Wildman–Crippen MR) is 184 cm³/mol. The van der Waals surface area contributed by atoms with Gasteiger partial charge >= 0.3 is 6.09 Å². The van der Waals surface area contributed by atoms with Gasteiger partial charge in [0.15, 0.2) is 0 Å².